The van der Waals surface area contributed by atoms with Gasteiger partial charge in [0.25, 0.3) is 5.56 Å². The number of H-pyrrole nitrogens is 1. The first-order chi connectivity index (χ1) is 15.0. The SMILES string of the molecule is COCCn1c(N)c(C(=O)CSc2nnc(N3CCCCC3)n2C2CC2)c(=O)[nH]c1=O. The topological polar surface area (TPSA) is 141 Å². The molecule has 11 nitrogen and oxygen atoms in total. The zero-order valence-corrected chi connectivity index (χ0v) is 18.3. The fourth-order valence-corrected chi connectivity index (χ4v) is 4.67. The van der Waals surface area contributed by atoms with Crippen LogP contribution in [0.25, 0.3) is 0 Å². The number of hydrogen-bond acceptors (Lipinski definition) is 9. The summed E-state index contributed by atoms with van der Waals surface area (Å²) in [4.78, 5) is 41.6. The normalized spacial score (nSPS) is 16.6. The number of anilines is 2. The van der Waals surface area contributed by atoms with E-state index in [1.807, 2.05) is 0 Å². The molecule has 0 unspecified atom stereocenters. The van der Waals surface area contributed by atoms with Gasteiger partial charge in [-0.3, -0.25) is 23.7 Å². The van der Waals surface area contributed by atoms with Gasteiger partial charge in [0.05, 0.1) is 18.9 Å². The van der Waals surface area contributed by atoms with E-state index < -0.39 is 17.0 Å². The van der Waals surface area contributed by atoms with E-state index >= 15 is 0 Å². The van der Waals surface area contributed by atoms with Crippen molar-refractivity contribution in [3.63, 3.8) is 0 Å². The highest BCUT2D eigenvalue weighted by molar-refractivity contribution is 7.99. The third kappa shape index (κ3) is 4.54. The molecule has 0 aromatic carbocycles. The van der Waals surface area contributed by atoms with Crippen molar-refractivity contribution in [2.24, 2.45) is 0 Å². The molecule has 0 radical (unpaired) electrons. The summed E-state index contributed by atoms with van der Waals surface area (Å²) in [5, 5.41) is 9.40. The number of methoxy groups -OCH3 is 1. The number of aromatic amines is 1. The Morgan fingerprint density at radius 2 is 1.97 bits per heavy atom. The quantitative estimate of drug-likeness (QED) is 0.417. The standard InChI is InChI=1S/C19H27N7O4S/c1-30-10-9-25-15(20)14(16(28)21-18(25)29)13(27)11-31-19-23-22-17(26(19)12-5-6-12)24-7-3-2-4-8-24/h12H,2-11,20H2,1H3,(H,21,28,29). The summed E-state index contributed by atoms with van der Waals surface area (Å²) < 4.78 is 8.23. The van der Waals surface area contributed by atoms with Gasteiger partial charge in [0.2, 0.25) is 5.95 Å². The fourth-order valence-electron chi connectivity index (χ4n) is 3.79. The lowest BCUT2D eigenvalue weighted by Gasteiger charge is -2.27. The van der Waals surface area contributed by atoms with Crippen LogP contribution in [-0.2, 0) is 11.3 Å². The summed E-state index contributed by atoms with van der Waals surface area (Å²) in [7, 11) is 1.49. The van der Waals surface area contributed by atoms with Crippen molar-refractivity contribution in [1.82, 2.24) is 24.3 Å². The minimum absolute atomic E-state index is 0.0272. The van der Waals surface area contributed by atoms with Gasteiger partial charge in [0, 0.05) is 26.2 Å². The van der Waals surface area contributed by atoms with Gasteiger partial charge in [-0.25, -0.2) is 4.79 Å². The molecule has 4 rings (SSSR count). The molecule has 3 N–H and O–H groups in total. The van der Waals surface area contributed by atoms with Gasteiger partial charge >= 0.3 is 5.69 Å². The Morgan fingerprint density at radius 3 is 2.65 bits per heavy atom. The van der Waals surface area contributed by atoms with Crippen molar-refractivity contribution in [3.8, 4) is 0 Å². The average Bonchev–Trinajstić information content (AvgIpc) is 3.51. The molecule has 1 saturated heterocycles. The first-order valence-corrected chi connectivity index (χ1v) is 11.5. The molecule has 2 aromatic rings. The molecule has 1 aliphatic heterocycles. The number of nitrogens with one attached hydrogen (secondary N) is 1. The molecule has 1 aliphatic carbocycles. The monoisotopic (exact) mass is 449 g/mol. The first kappa shape index (κ1) is 21.6. The van der Waals surface area contributed by atoms with Crippen molar-refractivity contribution in [3.05, 3.63) is 26.4 Å². The maximum absolute atomic E-state index is 12.9. The van der Waals surface area contributed by atoms with Crippen LogP contribution in [0.1, 0.15) is 48.5 Å². The van der Waals surface area contributed by atoms with Crippen LogP contribution < -0.4 is 21.9 Å². The number of hydrogen-bond donors (Lipinski definition) is 2. The van der Waals surface area contributed by atoms with Gasteiger partial charge in [-0.1, -0.05) is 11.8 Å². The lowest BCUT2D eigenvalue weighted by Crippen LogP contribution is -2.37. The Balaban J connectivity index is 1.54. The molecule has 0 spiro atoms. The molecule has 2 fully saturated rings. The third-order valence-corrected chi connectivity index (χ3v) is 6.51. The van der Waals surface area contributed by atoms with E-state index in [0.29, 0.717) is 11.2 Å². The predicted molar refractivity (Wildman–Crippen MR) is 117 cm³/mol. The number of carbonyl (C=O) groups excluding carboxylic acids is 1. The van der Waals surface area contributed by atoms with Crippen LogP contribution in [0.5, 0.6) is 0 Å². The minimum atomic E-state index is -0.778. The van der Waals surface area contributed by atoms with Crippen LogP contribution >= 0.6 is 11.8 Å². The van der Waals surface area contributed by atoms with E-state index in [4.69, 9.17) is 10.5 Å². The molecular weight excluding hydrogens is 422 g/mol. The van der Waals surface area contributed by atoms with Crippen molar-refractivity contribution >= 4 is 29.3 Å². The smallest absolute Gasteiger partial charge is 0.330 e. The lowest BCUT2D eigenvalue weighted by atomic mass is 10.1. The molecule has 168 valence electrons. The second-order valence-electron chi connectivity index (χ2n) is 7.81. The van der Waals surface area contributed by atoms with Gasteiger partial charge in [-0.2, -0.15) is 0 Å². The number of nitrogens with two attached hydrogens (primary N) is 1. The highest BCUT2D eigenvalue weighted by Gasteiger charge is 2.32. The number of Topliss-reactive ketones (excluding diaryl/α,β-unsaturated/α-hetero) is 1. The Kier molecular flexibility index (Phi) is 6.46. The van der Waals surface area contributed by atoms with Crippen molar-refractivity contribution in [2.45, 2.75) is 49.8 Å². The molecule has 0 atom stereocenters. The van der Waals surface area contributed by atoms with Crippen LogP contribution in [0.3, 0.4) is 0 Å². The number of ketones is 1. The van der Waals surface area contributed by atoms with Crippen LogP contribution in [0.15, 0.2) is 14.7 Å². The van der Waals surface area contributed by atoms with E-state index in [1.165, 1.54) is 25.3 Å². The molecule has 31 heavy (non-hydrogen) atoms. The van der Waals surface area contributed by atoms with Crippen molar-refractivity contribution in [1.29, 1.82) is 0 Å². The van der Waals surface area contributed by atoms with Crippen LogP contribution in [-0.4, -0.2) is 62.7 Å². The van der Waals surface area contributed by atoms with Crippen LogP contribution in [0.4, 0.5) is 11.8 Å². The molecule has 3 heterocycles. The number of aromatic nitrogens is 5. The zero-order chi connectivity index (χ0) is 22.0. The fraction of sp³-hybridized carbons (Fsp3) is 0.632. The highest BCUT2D eigenvalue weighted by Crippen LogP contribution is 2.41. The van der Waals surface area contributed by atoms with Gasteiger partial charge in [0.1, 0.15) is 11.4 Å². The van der Waals surface area contributed by atoms with E-state index in [9.17, 15) is 14.4 Å². The van der Waals surface area contributed by atoms with E-state index in [2.05, 4.69) is 24.6 Å². The minimum Gasteiger partial charge on any atom is -0.384 e. The largest absolute Gasteiger partial charge is 0.384 e. The summed E-state index contributed by atoms with van der Waals surface area (Å²) >= 11 is 1.24. The van der Waals surface area contributed by atoms with E-state index in [1.54, 1.807) is 0 Å². The number of piperidine rings is 1. The molecule has 0 amide bonds. The summed E-state index contributed by atoms with van der Waals surface area (Å²) in [5.74, 6) is 0.233. The number of nitrogens with zero attached hydrogens (tertiary/aromatic N) is 5. The summed E-state index contributed by atoms with van der Waals surface area (Å²) in [6.45, 7) is 2.29. The van der Waals surface area contributed by atoms with Gasteiger partial charge in [-0.05, 0) is 32.1 Å². The lowest BCUT2D eigenvalue weighted by molar-refractivity contribution is 0.102. The molecule has 2 aromatic heterocycles. The second-order valence-corrected chi connectivity index (χ2v) is 8.75. The van der Waals surface area contributed by atoms with Gasteiger partial charge in [0.15, 0.2) is 10.9 Å². The Hall–Kier alpha value is -2.60. The van der Waals surface area contributed by atoms with Crippen LogP contribution in [0, 0.1) is 0 Å². The van der Waals surface area contributed by atoms with Gasteiger partial charge in [-0.15, -0.1) is 10.2 Å². The molecule has 0 bridgehead atoms. The maximum Gasteiger partial charge on any atom is 0.330 e. The summed E-state index contributed by atoms with van der Waals surface area (Å²) in [6.07, 6.45) is 5.64. The van der Waals surface area contributed by atoms with Gasteiger partial charge < -0.3 is 15.4 Å². The molecular formula is C19H27N7O4S. The number of ether oxygens (including phenoxy) is 1. The number of nitrogen functional groups attached to an aromatic ring is 1. The van der Waals surface area contributed by atoms with Crippen molar-refractivity contribution in [2.75, 3.05) is 43.2 Å². The second kappa shape index (κ2) is 9.27. The summed E-state index contributed by atoms with van der Waals surface area (Å²) in [5.41, 5.74) is 4.35. The Labute approximate surface area is 183 Å². The Bertz CT molecular complexity index is 1070. The zero-order valence-electron chi connectivity index (χ0n) is 17.5. The molecule has 12 heteroatoms. The predicted octanol–water partition coefficient (Wildman–Crippen LogP) is 0.657. The number of thioether (sulfide) groups is 1. The number of rotatable bonds is 9. The summed E-state index contributed by atoms with van der Waals surface area (Å²) in [6, 6.07) is 0.356. The van der Waals surface area contributed by atoms with E-state index in [-0.39, 0.29) is 30.3 Å². The third-order valence-electron chi connectivity index (χ3n) is 5.57. The number of carbonyl (C=O) groups is 1. The maximum atomic E-state index is 12.9. The molecule has 2 aliphatic rings. The molecule has 1 saturated carbocycles. The van der Waals surface area contributed by atoms with E-state index in [0.717, 1.165) is 49.3 Å². The Morgan fingerprint density at radius 1 is 1.23 bits per heavy atom. The van der Waals surface area contributed by atoms with Crippen molar-refractivity contribution < 1.29 is 9.53 Å². The van der Waals surface area contributed by atoms with Crippen LogP contribution in [0.2, 0.25) is 0 Å². The highest BCUT2D eigenvalue weighted by atomic mass is 32.2. The average molecular weight is 450 g/mol. The first-order valence-electron chi connectivity index (χ1n) is 10.5.